The standard InChI is InChI=1S/C17H16Cl3NO2/c1-3-16(23-11-6-4-10(2)5-7-11)17(22)21-15-9-13(19)12(18)8-14(15)20/h4-9,16H,3H2,1-2H3,(H,21,22). The predicted molar refractivity (Wildman–Crippen MR) is 96.0 cm³/mol. The van der Waals surface area contributed by atoms with Gasteiger partial charge in [0.1, 0.15) is 5.75 Å². The SMILES string of the molecule is CCC(Oc1ccc(C)cc1)C(=O)Nc1cc(Cl)c(Cl)cc1Cl. The van der Waals surface area contributed by atoms with Gasteiger partial charge >= 0.3 is 0 Å². The first-order valence-corrected chi connectivity index (χ1v) is 8.22. The van der Waals surface area contributed by atoms with Crippen molar-refractivity contribution in [1.82, 2.24) is 0 Å². The molecule has 2 rings (SSSR count). The Labute approximate surface area is 150 Å². The zero-order valence-corrected chi connectivity index (χ0v) is 15.0. The third-order valence-electron chi connectivity index (χ3n) is 3.23. The van der Waals surface area contributed by atoms with E-state index in [-0.39, 0.29) is 5.91 Å². The lowest BCUT2D eigenvalue weighted by atomic mass is 10.2. The monoisotopic (exact) mass is 371 g/mol. The lowest BCUT2D eigenvalue weighted by molar-refractivity contribution is -0.122. The number of rotatable bonds is 5. The molecule has 0 saturated carbocycles. The topological polar surface area (TPSA) is 38.3 Å². The van der Waals surface area contributed by atoms with Crippen LogP contribution in [0.5, 0.6) is 5.75 Å². The van der Waals surface area contributed by atoms with Crippen molar-refractivity contribution in [3.8, 4) is 5.75 Å². The number of carbonyl (C=O) groups excluding carboxylic acids is 1. The molecule has 1 amide bonds. The summed E-state index contributed by atoms with van der Waals surface area (Å²) in [5.74, 6) is 0.339. The molecule has 0 bridgehead atoms. The first kappa shape index (κ1) is 17.9. The number of carbonyl (C=O) groups is 1. The van der Waals surface area contributed by atoms with E-state index in [1.807, 2.05) is 38.1 Å². The summed E-state index contributed by atoms with van der Waals surface area (Å²) in [7, 11) is 0. The Morgan fingerprint density at radius 2 is 1.70 bits per heavy atom. The van der Waals surface area contributed by atoms with E-state index in [0.717, 1.165) is 5.56 Å². The average Bonchev–Trinajstić information content (AvgIpc) is 2.52. The van der Waals surface area contributed by atoms with Gasteiger partial charge in [0.25, 0.3) is 5.91 Å². The molecule has 23 heavy (non-hydrogen) atoms. The van der Waals surface area contributed by atoms with Crippen molar-refractivity contribution in [2.45, 2.75) is 26.4 Å². The normalized spacial score (nSPS) is 11.9. The second kappa shape index (κ2) is 7.91. The molecule has 2 aromatic carbocycles. The molecule has 1 N–H and O–H groups in total. The Kier molecular flexibility index (Phi) is 6.17. The van der Waals surface area contributed by atoms with Crippen LogP contribution in [0, 0.1) is 6.92 Å². The van der Waals surface area contributed by atoms with Gasteiger partial charge in [-0.25, -0.2) is 0 Å². The van der Waals surface area contributed by atoms with Gasteiger partial charge in [-0.15, -0.1) is 0 Å². The Bertz CT molecular complexity index is 702. The summed E-state index contributed by atoms with van der Waals surface area (Å²) in [5, 5.41) is 3.69. The molecule has 0 fully saturated rings. The van der Waals surface area contributed by atoms with Gasteiger partial charge in [0.05, 0.1) is 20.8 Å². The zero-order chi connectivity index (χ0) is 17.0. The molecule has 122 valence electrons. The molecule has 2 aromatic rings. The minimum Gasteiger partial charge on any atom is -0.481 e. The lowest BCUT2D eigenvalue weighted by Gasteiger charge is -2.18. The first-order valence-electron chi connectivity index (χ1n) is 7.09. The number of hydrogen-bond donors (Lipinski definition) is 1. The first-order chi connectivity index (χ1) is 10.9. The maximum absolute atomic E-state index is 12.4. The van der Waals surface area contributed by atoms with Crippen LogP contribution in [0.25, 0.3) is 0 Å². The van der Waals surface area contributed by atoms with E-state index in [2.05, 4.69) is 5.32 Å². The number of benzene rings is 2. The smallest absolute Gasteiger partial charge is 0.265 e. The summed E-state index contributed by atoms with van der Waals surface area (Å²) in [6, 6.07) is 10.5. The molecule has 0 aliphatic heterocycles. The third kappa shape index (κ3) is 4.77. The number of hydrogen-bond acceptors (Lipinski definition) is 2. The van der Waals surface area contributed by atoms with Gasteiger partial charge in [0.2, 0.25) is 0 Å². The second-order valence-electron chi connectivity index (χ2n) is 5.06. The highest BCUT2D eigenvalue weighted by molar-refractivity contribution is 6.44. The molecule has 0 aromatic heterocycles. The lowest BCUT2D eigenvalue weighted by Crippen LogP contribution is -2.32. The van der Waals surface area contributed by atoms with Gasteiger partial charge in [0, 0.05) is 0 Å². The van der Waals surface area contributed by atoms with Crippen LogP contribution in [0.15, 0.2) is 36.4 Å². The summed E-state index contributed by atoms with van der Waals surface area (Å²) >= 11 is 17.9. The van der Waals surface area contributed by atoms with Crippen LogP contribution in [-0.2, 0) is 4.79 Å². The Hall–Kier alpha value is -1.42. The maximum atomic E-state index is 12.4. The van der Waals surface area contributed by atoms with Crippen LogP contribution in [-0.4, -0.2) is 12.0 Å². The molecule has 0 aliphatic carbocycles. The van der Waals surface area contributed by atoms with Crippen LogP contribution in [0.3, 0.4) is 0 Å². The van der Waals surface area contributed by atoms with E-state index < -0.39 is 6.10 Å². The Balaban J connectivity index is 2.11. The fraction of sp³-hybridized carbons (Fsp3) is 0.235. The fourth-order valence-corrected chi connectivity index (χ4v) is 2.53. The molecule has 1 unspecified atom stereocenters. The molecule has 3 nitrogen and oxygen atoms in total. The zero-order valence-electron chi connectivity index (χ0n) is 12.7. The summed E-state index contributed by atoms with van der Waals surface area (Å²) in [4.78, 5) is 12.4. The van der Waals surface area contributed by atoms with E-state index in [4.69, 9.17) is 39.5 Å². The number of amides is 1. The van der Waals surface area contributed by atoms with Crippen LogP contribution in [0.2, 0.25) is 15.1 Å². The minimum absolute atomic E-state index is 0.298. The van der Waals surface area contributed by atoms with Gasteiger partial charge < -0.3 is 10.1 Å². The van der Waals surface area contributed by atoms with Gasteiger partial charge in [0.15, 0.2) is 6.10 Å². The molecule has 0 radical (unpaired) electrons. The average molecular weight is 373 g/mol. The van der Waals surface area contributed by atoms with E-state index >= 15 is 0 Å². The molecule has 0 heterocycles. The highest BCUT2D eigenvalue weighted by Gasteiger charge is 2.20. The van der Waals surface area contributed by atoms with Crippen molar-refractivity contribution in [1.29, 1.82) is 0 Å². The third-order valence-corrected chi connectivity index (χ3v) is 4.27. The highest BCUT2D eigenvalue weighted by atomic mass is 35.5. The number of anilines is 1. The quantitative estimate of drug-likeness (QED) is 0.678. The van der Waals surface area contributed by atoms with Gasteiger partial charge in [-0.2, -0.15) is 0 Å². The van der Waals surface area contributed by atoms with Crippen molar-refractivity contribution in [2.24, 2.45) is 0 Å². The van der Waals surface area contributed by atoms with Crippen LogP contribution in [0.4, 0.5) is 5.69 Å². The number of ether oxygens (including phenoxy) is 1. The molecule has 0 saturated heterocycles. The largest absolute Gasteiger partial charge is 0.481 e. The van der Waals surface area contributed by atoms with E-state index in [0.29, 0.717) is 32.9 Å². The van der Waals surface area contributed by atoms with Crippen molar-refractivity contribution in [3.63, 3.8) is 0 Å². The van der Waals surface area contributed by atoms with Gasteiger partial charge in [-0.1, -0.05) is 59.4 Å². The predicted octanol–water partition coefficient (Wildman–Crippen LogP) is 5.75. The van der Waals surface area contributed by atoms with E-state index in [1.54, 1.807) is 0 Å². The van der Waals surface area contributed by atoms with Crippen molar-refractivity contribution >= 4 is 46.4 Å². The number of nitrogens with one attached hydrogen (secondary N) is 1. The Morgan fingerprint density at radius 3 is 2.30 bits per heavy atom. The number of halogens is 3. The Morgan fingerprint density at radius 1 is 1.09 bits per heavy atom. The van der Waals surface area contributed by atoms with E-state index in [1.165, 1.54) is 12.1 Å². The minimum atomic E-state index is -0.636. The van der Waals surface area contributed by atoms with Gasteiger partial charge in [-0.3, -0.25) is 4.79 Å². The summed E-state index contributed by atoms with van der Waals surface area (Å²) in [5.41, 5.74) is 1.52. The van der Waals surface area contributed by atoms with Crippen molar-refractivity contribution in [2.75, 3.05) is 5.32 Å². The van der Waals surface area contributed by atoms with Gasteiger partial charge in [-0.05, 0) is 37.6 Å². The van der Waals surface area contributed by atoms with Crippen LogP contribution < -0.4 is 10.1 Å². The van der Waals surface area contributed by atoms with Crippen LogP contribution in [0.1, 0.15) is 18.9 Å². The van der Waals surface area contributed by atoms with Crippen molar-refractivity contribution < 1.29 is 9.53 Å². The molecule has 0 spiro atoms. The molecule has 0 aliphatic rings. The molecular weight excluding hydrogens is 357 g/mol. The highest BCUT2D eigenvalue weighted by Crippen LogP contribution is 2.32. The summed E-state index contributed by atoms with van der Waals surface area (Å²) < 4.78 is 5.73. The van der Waals surface area contributed by atoms with Crippen LogP contribution >= 0.6 is 34.8 Å². The van der Waals surface area contributed by atoms with E-state index in [9.17, 15) is 4.79 Å². The second-order valence-corrected chi connectivity index (χ2v) is 6.28. The molecular formula is C17H16Cl3NO2. The number of aryl methyl sites for hydroxylation is 1. The maximum Gasteiger partial charge on any atom is 0.265 e. The van der Waals surface area contributed by atoms with Crippen molar-refractivity contribution in [3.05, 3.63) is 57.0 Å². The molecule has 6 heteroatoms. The summed E-state index contributed by atoms with van der Waals surface area (Å²) in [6.07, 6.45) is -0.123. The molecule has 1 atom stereocenters. The summed E-state index contributed by atoms with van der Waals surface area (Å²) in [6.45, 7) is 3.86. The fourth-order valence-electron chi connectivity index (χ4n) is 1.93.